The zero-order valence-electron chi connectivity index (χ0n) is 9.91. The number of carbonyl (C=O) groups is 1. The summed E-state index contributed by atoms with van der Waals surface area (Å²) in [5.74, 6) is -0.606. The monoisotopic (exact) mass is 272 g/mol. The van der Waals surface area contributed by atoms with Crippen molar-refractivity contribution >= 4 is 23.7 Å². The van der Waals surface area contributed by atoms with Crippen LogP contribution in [0.15, 0.2) is 5.16 Å². The summed E-state index contributed by atoms with van der Waals surface area (Å²) in [6, 6.07) is 0. The lowest BCUT2D eigenvalue weighted by atomic mass is 10.2. The molecule has 18 heavy (non-hydrogen) atoms. The highest BCUT2D eigenvalue weighted by Gasteiger charge is 2.18. The third-order valence-electron chi connectivity index (χ3n) is 2.77. The molecule has 1 aliphatic heterocycles. The minimum absolute atomic E-state index is 0.0436. The maximum absolute atomic E-state index is 10.5. The van der Waals surface area contributed by atoms with Gasteiger partial charge in [-0.15, -0.1) is 10.2 Å². The van der Waals surface area contributed by atoms with Gasteiger partial charge in [0.25, 0.3) is 0 Å². The van der Waals surface area contributed by atoms with E-state index in [0.717, 1.165) is 37.6 Å². The van der Waals surface area contributed by atoms with Crippen molar-refractivity contribution in [2.75, 3.05) is 18.1 Å². The number of aliphatic carboxylic acids is 1. The van der Waals surface area contributed by atoms with E-state index in [2.05, 4.69) is 10.2 Å². The second-order valence-electron chi connectivity index (χ2n) is 4.10. The van der Waals surface area contributed by atoms with E-state index in [0.29, 0.717) is 17.6 Å². The Bertz CT molecular complexity index is 417. The number of hydrogen-bond donors (Lipinski definition) is 2. The molecule has 0 amide bonds. The summed E-state index contributed by atoms with van der Waals surface area (Å²) in [6.07, 6.45) is 3.29. The number of carboxylic acids is 1. The number of nitrogens with zero attached hydrogens (tertiary/aromatic N) is 3. The summed E-state index contributed by atoms with van der Waals surface area (Å²) in [4.78, 5) is 10.5. The molecular formula is C10H16N4O3S. The van der Waals surface area contributed by atoms with Crippen LogP contribution in [0.25, 0.3) is 0 Å². The van der Waals surface area contributed by atoms with Gasteiger partial charge in [0, 0.05) is 13.2 Å². The van der Waals surface area contributed by atoms with Gasteiger partial charge in [-0.1, -0.05) is 11.8 Å². The van der Waals surface area contributed by atoms with Gasteiger partial charge in [-0.2, -0.15) is 0 Å². The molecule has 1 aromatic rings. The summed E-state index contributed by atoms with van der Waals surface area (Å²) >= 11 is 1.13. The summed E-state index contributed by atoms with van der Waals surface area (Å²) < 4.78 is 7.28. The molecule has 0 spiro atoms. The van der Waals surface area contributed by atoms with Gasteiger partial charge in [0.2, 0.25) is 5.95 Å². The van der Waals surface area contributed by atoms with E-state index in [9.17, 15) is 4.79 Å². The van der Waals surface area contributed by atoms with E-state index < -0.39 is 5.97 Å². The van der Waals surface area contributed by atoms with Gasteiger partial charge in [0.15, 0.2) is 5.16 Å². The van der Waals surface area contributed by atoms with Crippen molar-refractivity contribution < 1.29 is 14.6 Å². The molecule has 1 saturated heterocycles. The number of thioether (sulfide) groups is 1. The first kappa shape index (κ1) is 13.2. The van der Waals surface area contributed by atoms with Gasteiger partial charge >= 0.3 is 5.97 Å². The van der Waals surface area contributed by atoms with Crippen LogP contribution < -0.4 is 5.73 Å². The minimum atomic E-state index is -0.882. The van der Waals surface area contributed by atoms with Gasteiger partial charge in [-0.3, -0.25) is 9.36 Å². The highest BCUT2D eigenvalue weighted by atomic mass is 32.2. The predicted molar refractivity (Wildman–Crippen MR) is 66.4 cm³/mol. The molecular weight excluding hydrogens is 256 g/mol. The fourth-order valence-corrected chi connectivity index (χ4v) is 2.58. The molecule has 8 heteroatoms. The Kier molecular flexibility index (Phi) is 4.43. The van der Waals surface area contributed by atoms with E-state index in [1.54, 1.807) is 4.57 Å². The lowest BCUT2D eigenvalue weighted by Gasteiger charge is -2.11. The van der Waals surface area contributed by atoms with Crippen molar-refractivity contribution in [2.45, 2.75) is 37.1 Å². The number of aromatic nitrogens is 3. The average molecular weight is 272 g/mol. The molecule has 1 unspecified atom stereocenters. The van der Waals surface area contributed by atoms with Crippen LogP contribution in [0.3, 0.4) is 0 Å². The Morgan fingerprint density at radius 1 is 1.61 bits per heavy atom. The van der Waals surface area contributed by atoms with Crippen LogP contribution in [-0.2, 0) is 16.1 Å². The Balaban J connectivity index is 1.92. The highest BCUT2D eigenvalue weighted by Crippen LogP contribution is 2.21. The normalized spacial score (nSPS) is 19.2. The smallest absolute Gasteiger partial charge is 0.313 e. The van der Waals surface area contributed by atoms with Crippen molar-refractivity contribution in [2.24, 2.45) is 0 Å². The Labute approximate surface area is 109 Å². The molecule has 0 bridgehead atoms. The molecule has 1 fully saturated rings. The van der Waals surface area contributed by atoms with Gasteiger partial charge in [0.05, 0.1) is 11.9 Å². The summed E-state index contributed by atoms with van der Waals surface area (Å²) in [5.41, 5.74) is 5.72. The van der Waals surface area contributed by atoms with E-state index in [1.165, 1.54) is 0 Å². The molecule has 2 heterocycles. The fraction of sp³-hybridized carbons (Fsp3) is 0.700. The van der Waals surface area contributed by atoms with Gasteiger partial charge in [-0.25, -0.2) is 0 Å². The van der Waals surface area contributed by atoms with Crippen LogP contribution in [0.1, 0.15) is 19.3 Å². The summed E-state index contributed by atoms with van der Waals surface area (Å²) in [5, 5.41) is 16.9. The Morgan fingerprint density at radius 3 is 3.11 bits per heavy atom. The molecule has 7 nitrogen and oxygen atoms in total. The van der Waals surface area contributed by atoms with Crippen molar-refractivity contribution in [1.29, 1.82) is 0 Å². The minimum Gasteiger partial charge on any atom is -0.481 e. The largest absolute Gasteiger partial charge is 0.481 e. The summed E-state index contributed by atoms with van der Waals surface area (Å²) in [6.45, 7) is 1.48. The van der Waals surface area contributed by atoms with Crippen LogP contribution in [-0.4, -0.2) is 44.3 Å². The van der Waals surface area contributed by atoms with Crippen LogP contribution in [0.2, 0.25) is 0 Å². The zero-order valence-corrected chi connectivity index (χ0v) is 10.7. The topological polar surface area (TPSA) is 103 Å². The molecule has 1 aromatic heterocycles. The van der Waals surface area contributed by atoms with Gasteiger partial charge < -0.3 is 15.6 Å². The van der Waals surface area contributed by atoms with E-state index in [4.69, 9.17) is 15.6 Å². The molecule has 3 N–H and O–H groups in total. The maximum Gasteiger partial charge on any atom is 0.313 e. The Hall–Kier alpha value is -1.28. The van der Waals surface area contributed by atoms with Gasteiger partial charge in [-0.05, 0) is 19.3 Å². The highest BCUT2D eigenvalue weighted by molar-refractivity contribution is 7.99. The average Bonchev–Trinajstić information content (AvgIpc) is 2.94. The molecule has 0 aliphatic carbocycles. The van der Waals surface area contributed by atoms with Crippen LogP contribution >= 0.6 is 11.8 Å². The molecule has 2 rings (SSSR count). The first-order valence-electron chi connectivity index (χ1n) is 5.81. The van der Waals surface area contributed by atoms with Crippen LogP contribution in [0, 0.1) is 0 Å². The van der Waals surface area contributed by atoms with Crippen molar-refractivity contribution in [1.82, 2.24) is 14.8 Å². The van der Waals surface area contributed by atoms with Crippen LogP contribution in [0.4, 0.5) is 5.95 Å². The third kappa shape index (κ3) is 3.36. The van der Waals surface area contributed by atoms with E-state index in [1.807, 2.05) is 0 Å². The number of nitrogen functional groups attached to an aromatic ring is 1. The number of nitrogens with two attached hydrogens (primary N) is 1. The SMILES string of the molecule is Nc1nnc(SCC(=O)O)n1CCC1CCCO1. The number of rotatable bonds is 6. The number of ether oxygens (including phenoxy) is 1. The molecule has 100 valence electrons. The Morgan fingerprint density at radius 2 is 2.44 bits per heavy atom. The quantitative estimate of drug-likeness (QED) is 0.731. The van der Waals surface area contributed by atoms with Crippen molar-refractivity contribution in [3.63, 3.8) is 0 Å². The lowest BCUT2D eigenvalue weighted by molar-refractivity contribution is -0.133. The van der Waals surface area contributed by atoms with Crippen molar-refractivity contribution in [3.05, 3.63) is 0 Å². The van der Waals surface area contributed by atoms with E-state index >= 15 is 0 Å². The first-order chi connectivity index (χ1) is 8.66. The number of carboxylic acid groups (broad SMARTS) is 1. The zero-order chi connectivity index (χ0) is 13.0. The van der Waals surface area contributed by atoms with Crippen molar-refractivity contribution in [3.8, 4) is 0 Å². The molecule has 1 aliphatic rings. The predicted octanol–water partition coefficient (Wildman–Crippen LogP) is 0.606. The lowest BCUT2D eigenvalue weighted by Crippen LogP contribution is -2.13. The second kappa shape index (κ2) is 6.05. The van der Waals surface area contributed by atoms with Gasteiger partial charge in [0.1, 0.15) is 0 Å². The molecule has 1 atom stereocenters. The number of anilines is 1. The first-order valence-corrected chi connectivity index (χ1v) is 6.80. The molecule has 0 aromatic carbocycles. The van der Waals surface area contributed by atoms with E-state index in [-0.39, 0.29) is 11.9 Å². The molecule has 0 radical (unpaired) electrons. The summed E-state index contributed by atoms with van der Waals surface area (Å²) in [7, 11) is 0. The second-order valence-corrected chi connectivity index (χ2v) is 5.04. The standard InChI is InChI=1S/C10H16N4O3S/c11-9-12-13-10(18-6-8(15)16)14(9)4-3-7-2-1-5-17-7/h7H,1-6H2,(H2,11,12)(H,15,16). The number of hydrogen-bond acceptors (Lipinski definition) is 6. The fourth-order valence-electron chi connectivity index (χ4n) is 1.89. The molecule has 0 saturated carbocycles. The third-order valence-corrected chi connectivity index (χ3v) is 3.72. The van der Waals surface area contributed by atoms with Crippen LogP contribution in [0.5, 0.6) is 0 Å². The maximum atomic E-state index is 10.5.